The largest absolute Gasteiger partial charge is 0.496 e. The smallest absolute Gasteiger partial charge is 0.271 e. The maximum Gasteiger partial charge on any atom is 0.271 e. The molecule has 0 unspecified atom stereocenters. The van der Waals surface area contributed by atoms with E-state index in [4.69, 9.17) is 9.47 Å². The second-order valence-electron chi connectivity index (χ2n) is 6.22. The first-order chi connectivity index (χ1) is 14.9. The van der Waals surface area contributed by atoms with E-state index in [1.807, 2.05) is 0 Å². The third-order valence-corrected chi connectivity index (χ3v) is 4.16. The highest BCUT2D eigenvalue weighted by Crippen LogP contribution is 2.28. The second-order valence-corrected chi connectivity index (χ2v) is 6.22. The van der Waals surface area contributed by atoms with E-state index in [0.717, 1.165) is 0 Å². The van der Waals surface area contributed by atoms with Crippen LogP contribution in [0, 0.1) is 23.3 Å². The summed E-state index contributed by atoms with van der Waals surface area (Å²) in [6, 6.07) is 13.2. The first kappa shape index (κ1) is 21.8. The molecule has 3 aromatic carbocycles. The van der Waals surface area contributed by atoms with Gasteiger partial charge in [0.25, 0.3) is 5.91 Å². The zero-order valence-corrected chi connectivity index (χ0v) is 16.2. The number of benzene rings is 3. The Bertz CT molecular complexity index is 1100. The molecule has 0 spiro atoms. The van der Waals surface area contributed by atoms with E-state index in [9.17, 15) is 22.4 Å². The summed E-state index contributed by atoms with van der Waals surface area (Å²) in [5.74, 6) is -7.70. The van der Waals surface area contributed by atoms with Gasteiger partial charge in [0.1, 0.15) is 12.4 Å². The number of halogens is 4. The average molecular weight is 432 g/mol. The summed E-state index contributed by atoms with van der Waals surface area (Å²) in [5.41, 5.74) is 3.61. The molecular weight excluding hydrogens is 416 g/mol. The molecule has 0 fully saturated rings. The van der Waals surface area contributed by atoms with E-state index < -0.39 is 41.5 Å². The molecule has 0 heterocycles. The van der Waals surface area contributed by atoms with Crippen LogP contribution in [0.4, 0.5) is 17.6 Å². The minimum Gasteiger partial charge on any atom is -0.496 e. The molecule has 0 radical (unpaired) electrons. The minimum atomic E-state index is -1.64. The third-order valence-electron chi connectivity index (χ3n) is 4.16. The van der Waals surface area contributed by atoms with Crippen molar-refractivity contribution in [3.05, 3.63) is 94.6 Å². The van der Waals surface area contributed by atoms with Crippen LogP contribution in [0.2, 0.25) is 0 Å². The van der Waals surface area contributed by atoms with Gasteiger partial charge in [0.05, 0.1) is 13.3 Å². The zero-order chi connectivity index (χ0) is 22.4. The molecule has 1 N–H and O–H groups in total. The van der Waals surface area contributed by atoms with Crippen molar-refractivity contribution >= 4 is 12.1 Å². The molecular formula is C22H16F4N2O3. The molecule has 3 rings (SSSR count). The van der Waals surface area contributed by atoms with E-state index >= 15 is 0 Å². The highest BCUT2D eigenvalue weighted by Gasteiger charge is 2.21. The number of nitrogens with zero attached hydrogens (tertiary/aromatic N) is 1. The number of rotatable bonds is 7. The van der Waals surface area contributed by atoms with E-state index in [1.54, 1.807) is 36.4 Å². The molecule has 0 saturated heterocycles. The van der Waals surface area contributed by atoms with Gasteiger partial charge in [-0.25, -0.2) is 14.2 Å². The highest BCUT2D eigenvalue weighted by atomic mass is 19.2. The lowest BCUT2D eigenvalue weighted by molar-refractivity contribution is 0.0955. The normalized spacial score (nSPS) is 10.9. The van der Waals surface area contributed by atoms with Crippen molar-refractivity contribution in [3.8, 4) is 11.5 Å². The highest BCUT2D eigenvalue weighted by molar-refractivity contribution is 5.94. The van der Waals surface area contributed by atoms with Gasteiger partial charge in [-0.05, 0) is 35.9 Å². The van der Waals surface area contributed by atoms with Crippen molar-refractivity contribution in [2.75, 3.05) is 7.11 Å². The first-order valence-electron chi connectivity index (χ1n) is 8.92. The maximum atomic E-state index is 13.8. The van der Waals surface area contributed by atoms with Crippen LogP contribution in [0.3, 0.4) is 0 Å². The van der Waals surface area contributed by atoms with E-state index in [1.165, 1.54) is 25.5 Å². The Kier molecular flexibility index (Phi) is 6.86. The summed E-state index contributed by atoms with van der Waals surface area (Å²) in [4.78, 5) is 12.0. The van der Waals surface area contributed by atoms with Gasteiger partial charge in [0.2, 0.25) is 11.6 Å². The standard InChI is InChI=1S/C22H16F4N2O3/c1-30-18-8-7-13(11-27-28-22(29)14-5-3-2-4-6-14)9-15(18)12-31-21-19(25)16(23)10-17(24)20(21)26/h2-11H,12H2,1H3,(H,28,29). The molecule has 1 amide bonds. The number of methoxy groups -OCH3 is 1. The number of nitrogens with one attached hydrogen (secondary N) is 1. The fourth-order valence-electron chi connectivity index (χ4n) is 2.64. The first-order valence-corrected chi connectivity index (χ1v) is 8.92. The van der Waals surface area contributed by atoms with E-state index in [-0.39, 0.29) is 6.07 Å². The lowest BCUT2D eigenvalue weighted by Crippen LogP contribution is -2.17. The van der Waals surface area contributed by atoms with Crippen LogP contribution in [-0.2, 0) is 6.61 Å². The second kappa shape index (κ2) is 9.75. The molecule has 3 aromatic rings. The fraction of sp³-hybridized carbons (Fsp3) is 0.0909. The summed E-state index contributed by atoms with van der Waals surface area (Å²) >= 11 is 0. The number of hydrogen-bond acceptors (Lipinski definition) is 4. The SMILES string of the molecule is COc1ccc(C=NNC(=O)c2ccccc2)cc1COc1c(F)c(F)cc(F)c1F. The number of amides is 1. The summed E-state index contributed by atoms with van der Waals surface area (Å²) in [7, 11) is 1.37. The monoisotopic (exact) mass is 432 g/mol. The molecule has 5 nitrogen and oxygen atoms in total. The van der Waals surface area contributed by atoms with Gasteiger partial charge in [0.15, 0.2) is 17.4 Å². The van der Waals surface area contributed by atoms with Crippen molar-refractivity contribution < 1.29 is 31.8 Å². The van der Waals surface area contributed by atoms with Gasteiger partial charge in [-0.3, -0.25) is 4.79 Å². The molecule has 0 saturated carbocycles. The molecule has 0 aliphatic heterocycles. The predicted molar refractivity (Wildman–Crippen MR) is 105 cm³/mol. The van der Waals surface area contributed by atoms with Crippen LogP contribution < -0.4 is 14.9 Å². The Morgan fingerprint density at radius 2 is 1.68 bits per heavy atom. The molecule has 31 heavy (non-hydrogen) atoms. The Morgan fingerprint density at radius 3 is 2.32 bits per heavy atom. The topological polar surface area (TPSA) is 59.9 Å². The van der Waals surface area contributed by atoms with E-state index in [0.29, 0.717) is 22.4 Å². The van der Waals surface area contributed by atoms with Crippen LogP contribution in [0.15, 0.2) is 59.7 Å². The summed E-state index contributed by atoms with van der Waals surface area (Å²) in [6.07, 6.45) is 1.34. The zero-order valence-electron chi connectivity index (χ0n) is 16.2. The molecule has 160 valence electrons. The third kappa shape index (κ3) is 5.19. The molecule has 0 aliphatic rings. The Balaban J connectivity index is 1.75. The fourth-order valence-corrected chi connectivity index (χ4v) is 2.64. The Hall–Kier alpha value is -3.88. The van der Waals surface area contributed by atoms with Gasteiger partial charge in [-0.1, -0.05) is 18.2 Å². The number of hydrazone groups is 1. The lowest BCUT2D eigenvalue weighted by Gasteiger charge is -2.12. The van der Waals surface area contributed by atoms with Gasteiger partial charge in [-0.15, -0.1) is 0 Å². The molecule has 0 aliphatic carbocycles. The van der Waals surface area contributed by atoms with Crippen LogP contribution in [0.5, 0.6) is 11.5 Å². The Morgan fingerprint density at radius 1 is 1.00 bits per heavy atom. The molecule has 0 aromatic heterocycles. The summed E-state index contributed by atoms with van der Waals surface area (Å²) in [5, 5.41) is 3.86. The number of carbonyl (C=O) groups is 1. The van der Waals surface area contributed by atoms with Crippen molar-refractivity contribution in [1.29, 1.82) is 0 Å². The number of ether oxygens (including phenoxy) is 2. The van der Waals surface area contributed by atoms with Crippen LogP contribution in [-0.4, -0.2) is 19.2 Å². The van der Waals surface area contributed by atoms with Crippen molar-refractivity contribution in [2.24, 2.45) is 5.10 Å². The van der Waals surface area contributed by atoms with Crippen molar-refractivity contribution in [3.63, 3.8) is 0 Å². The van der Waals surface area contributed by atoms with Gasteiger partial charge >= 0.3 is 0 Å². The number of carbonyl (C=O) groups excluding carboxylic acids is 1. The number of hydrogen-bond donors (Lipinski definition) is 1. The van der Waals surface area contributed by atoms with E-state index in [2.05, 4.69) is 10.5 Å². The van der Waals surface area contributed by atoms with Crippen LogP contribution in [0.25, 0.3) is 0 Å². The maximum absolute atomic E-state index is 13.8. The molecule has 0 bridgehead atoms. The van der Waals surface area contributed by atoms with Crippen LogP contribution in [0.1, 0.15) is 21.5 Å². The molecule has 0 atom stereocenters. The average Bonchev–Trinajstić information content (AvgIpc) is 2.78. The van der Waals surface area contributed by atoms with Gasteiger partial charge in [-0.2, -0.15) is 13.9 Å². The molecule has 9 heteroatoms. The quantitative estimate of drug-likeness (QED) is 0.257. The Labute approximate surface area is 174 Å². The van der Waals surface area contributed by atoms with Crippen molar-refractivity contribution in [1.82, 2.24) is 5.43 Å². The lowest BCUT2D eigenvalue weighted by atomic mass is 10.1. The van der Waals surface area contributed by atoms with Gasteiger partial charge in [0, 0.05) is 17.2 Å². The van der Waals surface area contributed by atoms with Crippen molar-refractivity contribution in [2.45, 2.75) is 6.61 Å². The minimum absolute atomic E-state index is 0.0962. The summed E-state index contributed by atoms with van der Waals surface area (Å²) in [6.45, 7) is -0.446. The van der Waals surface area contributed by atoms with Crippen LogP contribution >= 0.6 is 0 Å². The predicted octanol–water partition coefficient (Wildman–Crippen LogP) is 4.59. The van der Waals surface area contributed by atoms with Gasteiger partial charge < -0.3 is 9.47 Å². The summed E-state index contributed by atoms with van der Waals surface area (Å²) < 4.78 is 64.4.